The number of hydrogen-bond acceptors (Lipinski definition) is 6. The van der Waals surface area contributed by atoms with Crippen LogP contribution in [0, 0.1) is 0 Å². The van der Waals surface area contributed by atoms with E-state index in [9.17, 15) is 14.4 Å². The van der Waals surface area contributed by atoms with Gasteiger partial charge < -0.3 is 23.9 Å². The van der Waals surface area contributed by atoms with Gasteiger partial charge in [0.2, 0.25) is 0 Å². The molecule has 41 heavy (non-hydrogen) atoms. The summed E-state index contributed by atoms with van der Waals surface area (Å²) in [4.78, 5) is 47.4. The molecule has 0 aliphatic carbocycles. The second kappa shape index (κ2) is 9.39. The number of nitrogens with zero attached hydrogens (tertiary/aromatic N) is 4. The van der Waals surface area contributed by atoms with E-state index in [-0.39, 0.29) is 22.4 Å². The molecule has 1 spiro atoms. The first kappa shape index (κ1) is 26.9. The second-order valence-electron chi connectivity index (χ2n) is 10.1. The fourth-order valence-electron chi connectivity index (χ4n) is 5.78. The van der Waals surface area contributed by atoms with Gasteiger partial charge in [0, 0.05) is 41.6 Å². The molecule has 0 unspecified atom stereocenters. The smallest absolute Gasteiger partial charge is 0.280 e. The lowest BCUT2D eigenvalue weighted by Crippen LogP contribution is -2.51. The minimum Gasteiger partial charge on any atom is -0.497 e. The van der Waals surface area contributed by atoms with Gasteiger partial charge in [0.25, 0.3) is 17.4 Å². The molecule has 0 bridgehead atoms. The number of ether oxygens (including phenoxy) is 2. The van der Waals surface area contributed by atoms with Crippen molar-refractivity contribution in [3.63, 3.8) is 0 Å². The molecular formula is C29H25Cl2N5O5. The number of benzene rings is 2. The summed E-state index contributed by atoms with van der Waals surface area (Å²) in [5, 5.41) is 3.25. The van der Waals surface area contributed by atoms with Crippen molar-refractivity contribution < 1.29 is 19.1 Å². The molecular weight excluding hydrogens is 569 g/mol. The van der Waals surface area contributed by atoms with Crippen LogP contribution in [0.15, 0.2) is 53.5 Å². The zero-order valence-corrected chi connectivity index (χ0v) is 24.3. The maximum absolute atomic E-state index is 14.4. The van der Waals surface area contributed by atoms with Gasteiger partial charge in [-0.15, -0.1) is 0 Å². The molecule has 0 fully saturated rings. The van der Waals surface area contributed by atoms with Crippen LogP contribution in [0.3, 0.4) is 0 Å². The van der Waals surface area contributed by atoms with Crippen LogP contribution in [0.2, 0.25) is 10.0 Å². The van der Waals surface area contributed by atoms with E-state index in [1.807, 2.05) is 18.4 Å². The van der Waals surface area contributed by atoms with E-state index in [1.165, 1.54) is 35.9 Å². The number of amides is 2. The predicted molar refractivity (Wildman–Crippen MR) is 156 cm³/mol. The average Bonchev–Trinajstić information content (AvgIpc) is 3.54. The lowest BCUT2D eigenvalue weighted by atomic mass is 9.87. The molecule has 1 atom stereocenters. The van der Waals surface area contributed by atoms with E-state index in [0.29, 0.717) is 44.9 Å². The summed E-state index contributed by atoms with van der Waals surface area (Å²) in [5.74, 6) is 0.529. The quantitative estimate of drug-likeness (QED) is 0.348. The first-order valence-electron chi connectivity index (χ1n) is 12.7. The Morgan fingerprint density at radius 3 is 2.41 bits per heavy atom. The molecule has 10 nitrogen and oxygen atoms in total. The van der Waals surface area contributed by atoms with Crippen molar-refractivity contribution in [2.24, 2.45) is 7.05 Å². The topological polar surface area (TPSA) is 108 Å². The fraction of sp³-hybridized carbons (Fsp3) is 0.241. The minimum absolute atomic E-state index is 0.0921. The Labute approximate surface area is 245 Å². The van der Waals surface area contributed by atoms with Crippen LogP contribution < -0.4 is 25.2 Å². The van der Waals surface area contributed by atoms with Crippen molar-refractivity contribution in [2.45, 2.75) is 25.4 Å². The van der Waals surface area contributed by atoms with Gasteiger partial charge in [-0.05, 0) is 44.2 Å². The van der Waals surface area contributed by atoms with Crippen LogP contribution in [0.4, 0.5) is 11.4 Å². The monoisotopic (exact) mass is 593 g/mol. The molecule has 12 heteroatoms. The number of halogens is 2. The SMILES string of the molecule is COc1ccc(-c2nc3c(n2C(C)C)[C@]2(C(=O)Nc4cc(Cl)ccc42)N(c2cc(Cl)c(=O)n(C)c2)C3=O)c(OC)c1. The summed E-state index contributed by atoms with van der Waals surface area (Å²) < 4.78 is 14.2. The predicted octanol–water partition coefficient (Wildman–Crippen LogP) is 5.01. The fourth-order valence-corrected chi connectivity index (χ4v) is 6.20. The van der Waals surface area contributed by atoms with Gasteiger partial charge >= 0.3 is 0 Å². The zero-order chi connectivity index (χ0) is 29.4. The van der Waals surface area contributed by atoms with Gasteiger partial charge in [0.05, 0.1) is 31.2 Å². The lowest BCUT2D eigenvalue weighted by Gasteiger charge is -2.35. The molecule has 0 saturated carbocycles. The molecule has 6 rings (SSSR count). The summed E-state index contributed by atoms with van der Waals surface area (Å²) in [6, 6.07) is 11.5. The number of anilines is 2. The molecule has 0 radical (unpaired) electrons. The molecule has 2 aliphatic heterocycles. The molecule has 2 amide bonds. The largest absolute Gasteiger partial charge is 0.497 e. The standard InChI is InChI=1S/C29H25Cl2N5O5/c1-14(2)35-24-23(33-25(35)18-8-7-17(40-4)12-22(18)41-5)27(38)36(16-11-20(31)26(37)34(3)13-16)29(24)19-9-6-15(30)10-21(19)32-28(29)39/h6-14H,1-5H3,(H,32,39)/t29-/m1/s1. The van der Waals surface area contributed by atoms with Crippen LogP contribution in [0.25, 0.3) is 11.4 Å². The maximum atomic E-state index is 14.4. The Balaban J connectivity index is 1.72. The average molecular weight is 594 g/mol. The summed E-state index contributed by atoms with van der Waals surface area (Å²) in [6.07, 6.45) is 1.48. The van der Waals surface area contributed by atoms with Crippen molar-refractivity contribution in [3.05, 3.63) is 86.0 Å². The van der Waals surface area contributed by atoms with Crippen LogP contribution in [-0.4, -0.2) is 40.2 Å². The van der Waals surface area contributed by atoms with Gasteiger partial charge in [0.1, 0.15) is 22.3 Å². The van der Waals surface area contributed by atoms with Crippen LogP contribution in [0.1, 0.15) is 41.6 Å². The highest BCUT2D eigenvalue weighted by molar-refractivity contribution is 6.32. The van der Waals surface area contributed by atoms with E-state index in [1.54, 1.807) is 43.5 Å². The summed E-state index contributed by atoms with van der Waals surface area (Å²) in [7, 11) is 4.63. The van der Waals surface area contributed by atoms with Gasteiger partial charge in [0.15, 0.2) is 11.2 Å². The van der Waals surface area contributed by atoms with Crippen LogP contribution >= 0.6 is 23.2 Å². The second-order valence-corrected chi connectivity index (χ2v) is 11.0. The molecule has 0 saturated heterocycles. The molecule has 2 aliphatic rings. The maximum Gasteiger partial charge on any atom is 0.280 e. The highest BCUT2D eigenvalue weighted by Crippen LogP contribution is 2.54. The van der Waals surface area contributed by atoms with Crippen molar-refractivity contribution in [1.29, 1.82) is 0 Å². The van der Waals surface area contributed by atoms with E-state index in [2.05, 4.69) is 5.32 Å². The number of aromatic nitrogens is 3. The van der Waals surface area contributed by atoms with E-state index < -0.39 is 22.9 Å². The highest BCUT2D eigenvalue weighted by atomic mass is 35.5. The number of pyridine rings is 1. The van der Waals surface area contributed by atoms with Crippen molar-refractivity contribution in [1.82, 2.24) is 14.1 Å². The lowest BCUT2D eigenvalue weighted by molar-refractivity contribution is -0.119. The number of fused-ring (bicyclic) bond motifs is 4. The summed E-state index contributed by atoms with van der Waals surface area (Å²) in [6.45, 7) is 3.89. The normalized spacial score (nSPS) is 17.3. The first-order valence-corrected chi connectivity index (χ1v) is 13.5. The third kappa shape index (κ3) is 3.63. The Bertz CT molecular complexity index is 1820. The number of carbonyl (C=O) groups excluding carboxylic acids is 2. The third-order valence-electron chi connectivity index (χ3n) is 7.49. The molecule has 210 valence electrons. The zero-order valence-electron chi connectivity index (χ0n) is 22.8. The molecule has 4 heterocycles. The van der Waals surface area contributed by atoms with E-state index in [4.69, 9.17) is 37.7 Å². The van der Waals surface area contributed by atoms with Gasteiger partial charge in [-0.1, -0.05) is 29.3 Å². The third-order valence-corrected chi connectivity index (χ3v) is 8.00. The highest BCUT2D eigenvalue weighted by Gasteiger charge is 2.64. The van der Waals surface area contributed by atoms with Gasteiger partial charge in [-0.25, -0.2) is 4.98 Å². The Morgan fingerprint density at radius 1 is 1.00 bits per heavy atom. The number of imidazole rings is 1. The van der Waals surface area contributed by atoms with Crippen molar-refractivity contribution in [2.75, 3.05) is 24.4 Å². The number of hydrogen-bond donors (Lipinski definition) is 1. The molecule has 2 aromatic carbocycles. The van der Waals surface area contributed by atoms with Crippen molar-refractivity contribution >= 4 is 46.4 Å². The summed E-state index contributed by atoms with van der Waals surface area (Å²) in [5.41, 5.74) is 0.215. The molecule has 1 N–H and O–H groups in total. The van der Waals surface area contributed by atoms with Gasteiger partial charge in [-0.2, -0.15) is 0 Å². The number of methoxy groups -OCH3 is 2. The Kier molecular flexibility index (Phi) is 6.16. The first-order chi connectivity index (χ1) is 19.5. The molecule has 4 aromatic rings. The number of aryl methyl sites for hydroxylation is 1. The van der Waals surface area contributed by atoms with Crippen molar-refractivity contribution in [3.8, 4) is 22.9 Å². The van der Waals surface area contributed by atoms with Crippen LogP contribution in [0.5, 0.6) is 11.5 Å². The number of rotatable bonds is 5. The minimum atomic E-state index is -1.68. The van der Waals surface area contributed by atoms with E-state index in [0.717, 1.165) is 0 Å². The van der Waals surface area contributed by atoms with Gasteiger partial charge in [-0.3, -0.25) is 19.3 Å². The number of nitrogens with one attached hydrogen (secondary N) is 1. The summed E-state index contributed by atoms with van der Waals surface area (Å²) >= 11 is 12.6. The van der Waals surface area contributed by atoms with Crippen LogP contribution in [-0.2, 0) is 17.4 Å². The number of carbonyl (C=O) groups is 2. The Hall–Kier alpha value is -4.28. The Morgan fingerprint density at radius 2 is 1.76 bits per heavy atom. The van der Waals surface area contributed by atoms with E-state index >= 15 is 0 Å². The molecule has 2 aromatic heterocycles.